The maximum Gasteiger partial charge on any atom is 0.325 e. The molecule has 0 saturated carbocycles. The van der Waals surface area contributed by atoms with Crippen molar-refractivity contribution in [1.82, 2.24) is 4.57 Å². The van der Waals surface area contributed by atoms with Crippen molar-refractivity contribution in [3.8, 4) is 11.5 Å². The Morgan fingerprint density at radius 1 is 1.00 bits per heavy atom. The predicted molar refractivity (Wildman–Crippen MR) is 125 cm³/mol. The van der Waals surface area contributed by atoms with Gasteiger partial charge in [-0.25, -0.2) is 0 Å². The first-order valence-corrected chi connectivity index (χ1v) is 11.0. The fourth-order valence-corrected chi connectivity index (χ4v) is 4.51. The summed E-state index contributed by atoms with van der Waals surface area (Å²) in [5.41, 5.74) is 0.854. The van der Waals surface area contributed by atoms with Crippen LogP contribution in [0.3, 0.4) is 0 Å². The molecule has 0 radical (unpaired) electrons. The number of benzene rings is 3. The Labute approximate surface area is 197 Å². The van der Waals surface area contributed by atoms with Gasteiger partial charge >= 0.3 is 5.97 Å². The molecule has 3 aromatic carbocycles. The highest BCUT2D eigenvalue weighted by molar-refractivity contribution is 7.16. The van der Waals surface area contributed by atoms with E-state index in [2.05, 4.69) is 4.99 Å². The van der Waals surface area contributed by atoms with E-state index in [0.717, 1.165) is 4.70 Å². The smallest absolute Gasteiger partial charge is 0.325 e. The van der Waals surface area contributed by atoms with Crippen LogP contribution < -0.4 is 9.54 Å². The summed E-state index contributed by atoms with van der Waals surface area (Å²) in [6.07, 6.45) is 0. The van der Waals surface area contributed by atoms with Gasteiger partial charge in [-0.2, -0.15) is 4.99 Å². The number of rotatable bonds is 5. The van der Waals surface area contributed by atoms with Crippen LogP contribution in [-0.4, -0.2) is 23.6 Å². The number of methoxy groups -OCH3 is 1. The van der Waals surface area contributed by atoms with Gasteiger partial charge in [-0.1, -0.05) is 58.8 Å². The number of aromatic nitrogens is 1. The fraction of sp³-hybridized carbons (Fsp3) is 0.0870. The van der Waals surface area contributed by atoms with Gasteiger partial charge in [-0.05, 0) is 42.5 Å². The third-order valence-electron chi connectivity index (χ3n) is 4.51. The highest BCUT2D eigenvalue weighted by Gasteiger charge is 2.16. The van der Waals surface area contributed by atoms with Crippen molar-refractivity contribution in [2.45, 2.75) is 6.54 Å². The maximum atomic E-state index is 13.0. The number of para-hydroxylation sites is 1. The molecule has 1 amide bonds. The Hall–Kier alpha value is -3.13. The monoisotopic (exact) mass is 486 g/mol. The number of hydrogen-bond acceptors (Lipinski definition) is 5. The highest BCUT2D eigenvalue weighted by atomic mass is 35.5. The minimum Gasteiger partial charge on any atom is -0.468 e. The summed E-state index contributed by atoms with van der Waals surface area (Å²) in [6.45, 7) is -0.167. The van der Waals surface area contributed by atoms with Gasteiger partial charge < -0.3 is 14.0 Å². The van der Waals surface area contributed by atoms with Gasteiger partial charge in [0.2, 0.25) is 0 Å². The highest BCUT2D eigenvalue weighted by Crippen LogP contribution is 2.32. The lowest BCUT2D eigenvalue weighted by Crippen LogP contribution is -2.22. The van der Waals surface area contributed by atoms with Crippen LogP contribution in [0, 0.1) is 0 Å². The molecule has 32 heavy (non-hydrogen) atoms. The molecule has 0 bridgehead atoms. The van der Waals surface area contributed by atoms with Crippen molar-refractivity contribution in [3.63, 3.8) is 0 Å². The molecule has 0 aliphatic rings. The average Bonchev–Trinajstić information content (AvgIpc) is 3.14. The minimum atomic E-state index is -0.507. The molecule has 0 fully saturated rings. The number of esters is 1. The van der Waals surface area contributed by atoms with E-state index in [1.165, 1.54) is 23.0 Å². The standard InChI is InChI=1S/C23H16Cl2N2O4S/c1-30-19(28)13-27-21-18(11-10-17(24)20(21)25)32-23(27)26-22(29)14-6-5-9-16(12-14)31-15-7-3-2-4-8-15/h2-12H,13H2,1H3. The largest absolute Gasteiger partial charge is 0.468 e. The van der Waals surface area contributed by atoms with Crippen molar-refractivity contribution in [2.24, 2.45) is 4.99 Å². The van der Waals surface area contributed by atoms with Crippen LogP contribution in [-0.2, 0) is 16.1 Å². The van der Waals surface area contributed by atoms with E-state index in [0.29, 0.717) is 32.4 Å². The zero-order valence-corrected chi connectivity index (χ0v) is 19.1. The molecule has 0 unspecified atom stereocenters. The Morgan fingerprint density at radius 2 is 1.75 bits per heavy atom. The number of thiazole rings is 1. The molecule has 0 saturated heterocycles. The first-order chi connectivity index (χ1) is 15.5. The van der Waals surface area contributed by atoms with Gasteiger partial charge in [-0.3, -0.25) is 9.59 Å². The molecular formula is C23H16Cl2N2O4S. The van der Waals surface area contributed by atoms with Crippen LogP contribution >= 0.6 is 34.5 Å². The third-order valence-corrected chi connectivity index (χ3v) is 6.34. The van der Waals surface area contributed by atoms with Gasteiger partial charge in [0.1, 0.15) is 18.0 Å². The van der Waals surface area contributed by atoms with E-state index in [4.69, 9.17) is 32.7 Å². The lowest BCUT2D eigenvalue weighted by molar-refractivity contribution is -0.141. The summed E-state index contributed by atoms with van der Waals surface area (Å²) in [6, 6.07) is 19.4. The molecule has 0 aliphatic heterocycles. The van der Waals surface area contributed by atoms with Gasteiger partial charge in [-0.15, -0.1) is 0 Å². The molecule has 4 aromatic rings. The molecule has 162 valence electrons. The van der Waals surface area contributed by atoms with Gasteiger partial charge in [0.25, 0.3) is 5.91 Å². The van der Waals surface area contributed by atoms with Crippen LogP contribution in [0.2, 0.25) is 10.0 Å². The normalized spacial score (nSPS) is 11.5. The lowest BCUT2D eigenvalue weighted by atomic mass is 10.2. The van der Waals surface area contributed by atoms with Crippen LogP contribution in [0.25, 0.3) is 10.2 Å². The summed E-state index contributed by atoms with van der Waals surface area (Å²) in [7, 11) is 1.28. The molecule has 4 rings (SSSR count). The van der Waals surface area contributed by atoms with E-state index in [1.807, 2.05) is 30.3 Å². The number of carbonyl (C=O) groups excluding carboxylic acids is 2. The second kappa shape index (κ2) is 9.56. The molecule has 1 aromatic heterocycles. The number of nitrogens with zero attached hydrogens (tertiary/aromatic N) is 2. The predicted octanol–water partition coefficient (Wildman–Crippen LogP) is 5.72. The average molecular weight is 487 g/mol. The first-order valence-electron chi connectivity index (χ1n) is 9.42. The van der Waals surface area contributed by atoms with E-state index >= 15 is 0 Å². The summed E-state index contributed by atoms with van der Waals surface area (Å²) in [5.74, 6) is 0.163. The second-order valence-electron chi connectivity index (χ2n) is 6.61. The zero-order valence-electron chi connectivity index (χ0n) is 16.7. The number of fused-ring (bicyclic) bond motifs is 1. The van der Waals surface area contributed by atoms with E-state index in [-0.39, 0.29) is 11.6 Å². The molecule has 6 nitrogen and oxygen atoms in total. The van der Waals surface area contributed by atoms with Crippen molar-refractivity contribution in [2.75, 3.05) is 7.11 Å². The van der Waals surface area contributed by atoms with E-state index < -0.39 is 11.9 Å². The first kappa shape index (κ1) is 22.1. The second-order valence-corrected chi connectivity index (χ2v) is 8.41. The number of ether oxygens (including phenoxy) is 2. The lowest BCUT2D eigenvalue weighted by Gasteiger charge is -2.07. The number of carbonyl (C=O) groups is 2. The molecular weight excluding hydrogens is 471 g/mol. The number of hydrogen-bond donors (Lipinski definition) is 0. The minimum absolute atomic E-state index is 0.167. The molecule has 9 heteroatoms. The van der Waals surface area contributed by atoms with Crippen LogP contribution in [0.1, 0.15) is 10.4 Å². The Morgan fingerprint density at radius 3 is 2.50 bits per heavy atom. The van der Waals surface area contributed by atoms with E-state index in [9.17, 15) is 9.59 Å². The molecule has 0 aliphatic carbocycles. The summed E-state index contributed by atoms with van der Waals surface area (Å²) in [4.78, 5) is 29.5. The SMILES string of the molecule is COC(=O)Cn1c(=NC(=O)c2cccc(Oc3ccccc3)c2)sc2ccc(Cl)c(Cl)c21. The van der Waals surface area contributed by atoms with Crippen molar-refractivity contribution in [1.29, 1.82) is 0 Å². The zero-order chi connectivity index (χ0) is 22.7. The topological polar surface area (TPSA) is 69.9 Å². The van der Waals surface area contributed by atoms with Crippen molar-refractivity contribution >= 4 is 56.6 Å². The molecule has 0 spiro atoms. The van der Waals surface area contributed by atoms with Crippen molar-refractivity contribution < 1.29 is 19.1 Å². The van der Waals surface area contributed by atoms with Gasteiger partial charge in [0.15, 0.2) is 4.80 Å². The number of halogens is 2. The molecule has 1 heterocycles. The van der Waals surface area contributed by atoms with Crippen LogP contribution in [0.5, 0.6) is 11.5 Å². The van der Waals surface area contributed by atoms with Crippen LogP contribution in [0.15, 0.2) is 71.7 Å². The van der Waals surface area contributed by atoms with Gasteiger partial charge in [0.05, 0.1) is 27.4 Å². The summed E-state index contributed by atoms with van der Waals surface area (Å²) < 4.78 is 12.8. The Balaban J connectivity index is 1.75. The molecule has 0 atom stereocenters. The quantitative estimate of drug-likeness (QED) is 0.338. The van der Waals surface area contributed by atoms with Crippen LogP contribution in [0.4, 0.5) is 0 Å². The van der Waals surface area contributed by atoms with Gasteiger partial charge in [0, 0.05) is 5.56 Å². The molecule has 0 N–H and O–H groups in total. The Bertz CT molecular complexity index is 1380. The van der Waals surface area contributed by atoms with Crippen molar-refractivity contribution in [3.05, 3.63) is 87.1 Å². The summed E-state index contributed by atoms with van der Waals surface area (Å²) in [5, 5.41) is 0.607. The number of amides is 1. The third kappa shape index (κ3) is 4.70. The fourth-order valence-electron chi connectivity index (χ4n) is 3.00. The maximum absolute atomic E-state index is 13.0. The van der Waals surface area contributed by atoms with E-state index in [1.54, 1.807) is 36.4 Å². The Kier molecular flexibility index (Phi) is 6.60. The summed E-state index contributed by atoms with van der Waals surface area (Å²) >= 11 is 13.8.